The first-order chi connectivity index (χ1) is 10.3. The predicted molar refractivity (Wildman–Crippen MR) is 89.0 cm³/mol. The van der Waals surface area contributed by atoms with E-state index in [4.69, 9.17) is 0 Å². The fraction of sp³-hybridized carbons (Fsp3) is 0.533. The number of hydrogen-bond donors (Lipinski definition) is 1. The van der Waals surface area contributed by atoms with Gasteiger partial charge in [-0.05, 0) is 30.7 Å². The Morgan fingerprint density at radius 2 is 2.14 bits per heavy atom. The minimum absolute atomic E-state index is 0.0304. The molecule has 0 unspecified atom stereocenters. The molecule has 6 heteroatoms. The van der Waals surface area contributed by atoms with Crippen LogP contribution < -0.4 is 5.32 Å². The summed E-state index contributed by atoms with van der Waals surface area (Å²) in [5, 5.41) is 14.7. The molecule has 2 rings (SSSR count). The Morgan fingerprint density at radius 1 is 1.24 bits per heavy atom. The van der Waals surface area contributed by atoms with Crippen LogP contribution in [-0.2, 0) is 17.6 Å². The lowest BCUT2D eigenvalue weighted by Gasteiger charge is -2.00. The second-order valence-corrected chi connectivity index (χ2v) is 7.03. The van der Waals surface area contributed by atoms with Gasteiger partial charge in [0.25, 0.3) is 0 Å². The number of amides is 1. The molecule has 0 saturated heterocycles. The highest BCUT2D eigenvalue weighted by Crippen LogP contribution is 2.18. The maximum absolute atomic E-state index is 11.8. The van der Waals surface area contributed by atoms with Crippen LogP contribution in [0.15, 0.2) is 17.5 Å². The summed E-state index contributed by atoms with van der Waals surface area (Å²) in [5.74, 6) is 0.0304. The van der Waals surface area contributed by atoms with Gasteiger partial charge in [0.05, 0.1) is 0 Å². The average molecular weight is 323 g/mol. The summed E-state index contributed by atoms with van der Waals surface area (Å²) in [6.07, 6.45) is 6.87. The first-order valence-electron chi connectivity index (χ1n) is 7.42. The first-order valence-corrected chi connectivity index (χ1v) is 9.12. The lowest BCUT2D eigenvalue weighted by molar-refractivity contribution is -0.116. The van der Waals surface area contributed by atoms with Crippen LogP contribution in [-0.4, -0.2) is 16.1 Å². The van der Waals surface area contributed by atoms with Gasteiger partial charge in [-0.3, -0.25) is 4.79 Å². The van der Waals surface area contributed by atoms with Crippen molar-refractivity contribution in [2.45, 2.75) is 51.9 Å². The molecule has 2 aromatic rings. The SMILES string of the molecule is CCCCCc1nnc(NC(=O)CCCc2cccs2)s1. The summed E-state index contributed by atoms with van der Waals surface area (Å²) in [6.45, 7) is 2.18. The van der Waals surface area contributed by atoms with Gasteiger partial charge >= 0.3 is 0 Å². The van der Waals surface area contributed by atoms with E-state index >= 15 is 0 Å². The summed E-state index contributed by atoms with van der Waals surface area (Å²) in [7, 11) is 0. The molecule has 0 aliphatic heterocycles. The Labute approximate surface area is 133 Å². The number of carbonyl (C=O) groups excluding carboxylic acids is 1. The number of thiophene rings is 1. The number of carbonyl (C=O) groups is 1. The van der Waals surface area contributed by atoms with Crippen molar-refractivity contribution in [3.63, 3.8) is 0 Å². The van der Waals surface area contributed by atoms with Gasteiger partial charge < -0.3 is 5.32 Å². The largest absolute Gasteiger partial charge is 0.301 e. The molecule has 2 aromatic heterocycles. The summed E-state index contributed by atoms with van der Waals surface area (Å²) >= 11 is 3.23. The zero-order chi connectivity index (χ0) is 14.9. The lowest BCUT2D eigenvalue weighted by atomic mass is 10.2. The van der Waals surface area contributed by atoms with Crippen molar-refractivity contribution in [3.8, 4) is 0 Å². The quantitative estimate of drug-likeness (QED) is 0.700. The maximum Gasteiger partial charge on any atom is 0.226 e. The van der Waals surface area contributed by atoms with Gasteiger partial charge in [0, 0.05) is 17.7 Å². The highest BCUT2D eigenvalue weighted by Gasteiger charge is 2.08. The van der Waals surface area contributed by atoms with Crippen LogP contribution in [0.3, 0.4) is 0 Å². The Morgan fingerprint density at radius 3 is 2.90 bits per heavy atom. The molecule has 0 fully saturated rings. The molecular weight excluding hydrogens is 302 g/mol. The van der Waals surface area contributed by atoms with Crippen molar-refractivity contribution >= 4 is 33.7 Å². The van der Waals surface area contributed by atoms with Crippen molar-refractivity contribution < 1.29 is 4.79 Å². The third-order valence-corrected chi connectivity index (χ3v) is 4.95. The molecule has 21 heavy (non-hydrogen) atoms. The molecule has 0 saturated carbocycles. The number of anilines is 1. The predicted octanol–water partition coefficient (Wildman–Crippen LogP) is 4.29. The number of aryl methyl sites for hydroxylation is 2. The number of nitrogens with zero attached hydrogens (tertiary/aromatic N) is 2. The van der Waals surface area contributed by atoms with Gasteiger partial charge in [0.2, 0.25) is 11.0 Å². The minimum Gasteiger partial charge on any atom is -0.301 e. The van der Waals surface area contributed by atoms with Crippen LogP contribution in [0.4, 0.5) is 5.13 Å². The van der Waals surface area contributed by atoms with Crippen LogP contribution >= 0.6 is 22.7 Å². The molecule has 0 radical (unpaired) electrons. The zero-order valence-corrected chi connectivity index (χ0v) is 13.9. The van der Waals surface area contributed by atoms with E-state index in [0.29, 0.717) is 11.6 Å². The maximum atomic E-state index is 11.8. The molecule has 114 valence electrons. The Hall–Kier alpha value is -1.27. The third kappa shape index (κ3) is 5.93. The minimum atomic E-state index is 0.0304. The number of unbranched alkanes of at least 4 members (excludes halogenated alkanes) is 2. The third-order valence-electron chi connectivity index (χ3n) is 3.11. The molecule has 0 aliphatic rings. The van der Waals surface area contributed by atoms with Crippen LogP contribution in [0.5, 0.6) is 0 Å². The Bertz CT molecular complexity index is 537. The number of aromatic nitrogens is 2. The fourth-order valence-corrected chi connectivity index (χ4v) is 3.54. The second-order valence-electron chi connectivity index (χ2n) is 4.94. The molecular formula is C15H21N3OS2. The van der Waals surface area contributed by atoms with Crippen molar-refractivity contribution in [3.05, 3.63) is 27.4 Å². The van der Waals surface area contributed by atoms with E-state index in [2.05, 4.69) is 33.9 Å². The second kappa shape index (κ2) is 8.89. The number of nitrogens with one attached hydrogen (secondary N) is 1. The van der Waals surface area contributed by atoms with E-state index in [1.165, 1.54) is 29.1 Å². The van der Waals surface area contributed by atoms with Gasteiger partial charge in [-0.1, -0.05) is 37.2 Å². The Balaban J connectivity index is 1.67. The summed E-state index contributed by atoms with van der Waals surface area (Å²) in [5.41, 5.74) is 0. The smallest absolute Gasteiger partial charge is 0.226 e. The highest BCUT2D eigenvalue weighted by molar-refractivity contribution is 7.15. The highest BCUT2D eigenvalue weighted by atomic mass is 32.1. The monoisotopic (exact) mass is 323 g/mol. The number of hydrogen-bond acceptors (Lipinski definition) is 5. The van der Waals surface area contributed by atoms with Crippen molar-refractivity contribution in [2.24, 2.45) is 0 Å². The molecule has 1 amide bonds. The van der Waals surface area contributed by atoms with E-state index in [1.54, 1.807) is 11.3 Å². The first kappa shape index (κ1) is 16.1. The van der Waals surface area contributed by atoms with Gasteiger partial charge in [-0.15, -0.1) is 21.5 Å². The zero-order valence-electron chi connectivity index (χ0n) is 12.3. The number of rotatable bonds is 9. The lowest BCUT2D eigenvalue weighted by Crippen LogP contribution is -2.11. The summed E-state index contributed by atoms with van der Waals surface area (Å²) in [6, 6.07) is 4.15. The molecule has 4 nitrogen and oxygen atoms in total. The van der Waals surface area contributed by atoms with Crippen LogP contribution in [0.2, 0.25) is 0 Å². The van der Waals surface area contributed by atoms with Crippen LogP contribution in [0, 0.1) is 0 Å². The van der Waals surface area contributed by atoms with Crippen molar-refractivity contribution in [1.29, 1.82) is 0 Å². The van der Waals surface area contributed by atoms with Crippen molar-refractivity contribution in [1.82, 2.24) is 10.2 Å². The van der Waals surface area contributed by atoms with Gasteiger partial charge in [-0.2, -0.15) is 0 Å². The summed E-state index contributed by atoms with van der Waals surface area (Å²) < 4.78 is 0. The molecule has 0 bridgehead atoms. The Kier molecular flexibility index (Phi) is 6.82. The normalized spacial score (nSPS) is 10.7. The van der Waals surface area contributed by atoms with E-state index in [-0.39, 0.29) is 5.91 Å². The average Bonchev–Trinajstić information content (AvgIpc) is 3.11. The van der Waals surface area contributed by atoms with Gasteiger partial charge in [-0.25, -0.2) is 0 Å². The fourth-order valence-electron chi connectivity index (χ4n) is 1.99. The standard InChI is InChI=1S/C15H21N3OS2/c1-2-3-4-10-14-17-18-15(21-14)16-13(19)9-5-7-12-8-6-11-20-12/h6,8,11H,2-5,7,9-10H2,1H3,(H,16,18,19). The molecule has 0 spiro atoms. The van der Waals surface area contributed by atoms with E-state index in [1.807, 2.05) is 6.07 Å². The molecule has 2 heterocycles. The molecule has 0 aliphatic carbocycles. The van der Waals surface area contributed by atoms with Crippen LogP contribution in [0.25, 0.3) is 0 Å². The van der Waals surface area contributed by atoms with Gasteiger partial charge in [0.1, 0.15) is 5.01 Å². The van der Waals surface area contributed by atoms with E-state index < -0.39 is 0 Å². The molecule has 0 aromatic carbocycles. The van der Waals surface area contributed by atoms with E-state index in [0.717, 1.165) is 30.7 Å². The topological polar surface area (TPSA) is 54.9 Å². The van der Waals surface area contributed by atoms with Gasteiger partial charge in [0.15, 0.2) is 0 Å². The van der Waals surface area contributed by atoms with Crippen molar-refractivity contribution in [2.75, 3.05) is 5.32 Å². The van der Waals surface area contributed by atoms with E-state index in [9.17, 15) is 4.79 Å². The summed E-state index contributed by atoms with van der Waals surface area (Å²) in [4.78, 5) is 13.2. The molecule has 1 N–H and O–H groups in total. The molecule has 0 atom stereocenters. The van der Waals surface area contributed by atoms with Crippen LogP contribution in [0.1, 0.15) is 48.9 Å².